The number of hydrogen-bond donors (Lipinski definition) is 1. The fourth-order valence-electron chi connectivity index (χ4n) is 0.785. The number of ketones is 1. The number of Topliss-reactive ketones (excluding diaryl/α,β-unsaturated/α-hetero) is 1. The van der Waals surface area contributed by atoms with Gasteiger partial charge in [0.1, 0.15) is 5.78 Å². The molecule has 0 unspecified atom stereocenters. The number of carbonyl (C=O) groups is 2. The van der Waals surface area contributed by atoms with Crippen LogP contribution in [0, 0.1) is 0 Å². The van der Waals surface area contributed by atoms with Crippen molar-refractivity contribution < 1.29 is 14.3 Å². The van der Waals surface area contributed by atoms with Crippen molar-refractivity contribution in [3.05, 3.63) is 0 Å². The molecule has 76 valence electrons. The van der Waals surface area contributed by atoms with E-state index in [0.29, 0.717) is 26.2 Å². The van der Waals surface area contributed by atoms with Gasteiger partial charge in [-0.1, -0.05) is 0 Å². The smallest absolute Gasteiger partial charge is 0.220 e. The summed E-state index contributed by atoms with van der Waals surface area (Å²) in [6.07, 6.45) is 0.599. The Labute approximate surface area is 78.6 Å². The normalized spacial score (nSPS) is 9.69. The largest absolute Gasteiger partial charge is 0.380 e. The summed E-state index contributed by atoms with van der Waals surface area (Å²) in [6, 6.07) is 0. The molecule has 0 aliphatic heterocycles. The van der Waals surface area contributed by atoms with Crippen LogP contribution in [0.25, 0.3) is 0 Å². The van der Waals surface area contributed by atoms with Gasteiger partial charge in [-0.25, -0.2) is 0 Å². The van der Waals surface area contributed by atoms with E-state index in [1.54, 1.807) is 0 Å². The van der Waals surface area contributed by atoms with Crippen LogP contribution >= 0.6 is 0 Å². The van der Waals surface area contributed by atoms with E-state index >= 15 is 0 Å². The van der Waals surface area contributed by atoms with E-state index in [2.05, 4.69) is 5.32 Å². The molecule has 13 heavy (non-hydrogen) atoms. The molecule has 4 heteroatoms. The van der Waals surface area contributed by atoms with Crippen molar-refractivity contribution >= 4 is 11.7 Å². The molecule has 0 saturated carbocycles. The summed E-state index contributed by atoms with van der Waals surface area (Å²) >= 11 is 0. The summed E-state index contributed by atoms with van der Waals surface area (Å²) in [5.74, 6) is -0.0464. The van der Waals surface area contributed by atoms with E-state index in [9.17, 15) is 9.59 Å². The summed E-state index contributed by atoms with van der Waals surface area (Å²) in [4.78, 5) is 21.5. The third-order valence-corrected chi connectivity index (χ3v) is 1.48. The first-order valence-electron chi connectivity index (χ1n) is 4.50. The monoisotopic (exact) mass is 187 g/mol. The fraction of sp³-hybridized carbons (Fsp3) is 0.778. The van der Waals surface area contributed by atoms with Crippen LogP contribution in [0.5, 0.6) is 0 Å². The Kier molecular flexibility index (Phi) is 7.20. The van der Waals surface area contributed by atoms with Gasteiger partial charge in [0.2, 0.25) is 5.91 Å². The van der Waals surface area contributed by atoms with Gasteiger partial charge in [0, 0.05) is 26.0 Å². The highest BCUT2D eigenvalue weighted by Crippen LogP contribution is 1.89. The van der Waals surface area contributed by atoms with Crippen molar-refractivity contribution in [2.45, 2.75) is 26.7 Å². The Morgan fingerprint density at radius 2 is 2.00 bits per heavy atom. The zero-order valence-electron chi connectivity index (χ0n) is 8.26. The third kappa shape index (κ3) is 9.01. The molecule has 0 heterocycles. The van der Waals surface area contributed by atoms with Crippen LogP contribution in [0.2, 0.25) is 0 Å². The van der Waals surface area contributed by atoms with Crippen LogP contribution in [0.1, 0.15) is 26.7 Å². The van der Waals surface area contributed by atoms with Gasteiger partial charge in [0.25, 0.3) is 0 Å². The molecule has 0 saturated heterocycles. The number of nitrogens with one attached hydrogen (secondary N) is 1. The Morgan fingerprint density at radius 1 is 1.31 bits per heavy atom. The highest BCUT2D eigenvalue weighted by Gasteiger charge is 2.01. The number of ether oxygens (including phenoxy) is 1. The fourth-order valence-corrected chi connectivity index (χ4v) is 0.785. The predicted octanol–water partition coefficient (Wildman–Crippen LogP) is 0.508. The van der Waals surface area contributed by atoms with E-state index < -0.39 is 0 Å². The molecule has 1 amide bonds. The van der Waals surface area contributed by atoms with Gasteiger partial charge < -0.3 is 14.8 Å². The highest BCUT2D eigenvalue weighted by atomic mass is 16.5. The molecule has 0 bridgehead atoms. The second-order valence-corrected chi connectivity index (χ2v) is 2.75. The third-order valence-electron chi connectivity index (χ3n) is 1.48. The first-order chi connectivity index (χ1) is 6.16. The lowest BCUT2D eigenvalue weighted by Gasteiger charge is -2.03. The van der Waals surface area contributed by atoms with E-state index in [1.807, 2.05) is 6.92 Å². The highest BCUT2D eigenvalue weighted by molar-refractivity contribution is 5.83. The number of hydrogen-bond acceptors (Lipinski definition) is 3. The minimum atomic E-state index is -0.0881. The maximum absolute atomic E-state index is 11.0. The summed E-state index contributed by atoms with van der Waals surface area (Å²) in [6.45, 7) is 5.08. The number of amides is 1. The van der Waals surface area contributed by atoms with Crippen molar-refractivity contribution in [1.82, 2.24) is 5.32 Å². The Morgan fingerprint density at radius 3 is 2.54 bits per heavy atom. The van der Waals surface area contributed by atoms with Crippen LogP contribution in [0.15, 0.2) is 0 Å². The lowest BCUT2D eigenvalue weighted by atomic mass is 10.2. The SMILES string of the molecule is CCOCCNC(=O)CCC(C)=O. The van der Waals surface area contributed by atoms with Gasteiger partial charge in [0.15, 0.2) is 0 Å². The van der Waals surface area contributed by atoms with E-state index in [-0.39, 0.29) is 18.1 Å². The summed E-state index contributed by atoms with van der Waals surface area (Å²) < 4.78 is 5.03. The van der Waals surface area contributed by atoms with Crippen LogP contribution in [0.4, 0.5) is 0 Å². The summed E-state index contributed by atoms with van der Waals surface area (Å²) in [5, 5.41) is 2.66. The first-order valence-corrected chi connectivity index (χ1v) is 4.50. The van der Waals surface area contributed by atoms with Crippen molar-refractivity contribution in [2.75, 3.05) is 19.8 Å². The van der Waals surface area contributed by atoms with E-state index in [1.165, 1.54) is 6.92 Å². The minimum Gasteiger partial charge on any atom is -0.380 e. The van der Waals surface area contributed by atoms with Crippen molar-refractivity contribution in [1.29, 1.82) is 0 Å². The Balaban J connectivity index is 3.25. The Bertz CT molecular complexity index is 168. The predicted molar refractivity (Wildman–Crippen MR) is 49.4 cm³/mol. The summed E-state index contributed by atoms with van der Waals surface area (Å²) in [5.41, 5.74) is 0. The summed E-state index contributed by atoms with van der Waals surface area (Å²) in [7, 11) is 0. The van der Waals surface area contributed by atoms with Gasteiger partial charge >= 0.3 is 0 Å². The number of carbonyl (C=O) groups excluding carboxylic acids is 2. The van der Waals surface area contributed by atoms with Crippen LogP contribution in [-0.4, -0.2) is 31.4 Å². The molecule has 0 aromatic rings. The molecule has 0 fully saturated rings. The molecular weight excluding hydrogens is 170 g/mol. The molecule has 0 aromatic heterocycles. The van der Waals surface area contributed by atoms with Crippen molar-refractivity contribution in [3.8, 4) is 0 Å². The van der Waals surface area contributed by atoms with Crippen molar-refractivity contribution in [2.24, 2.45) is 0 Å². The maximum atomic E-state index is 11.0. The quantitative estimate of drug-likeness (QED) is 0.591. The minimum absolute atomic E-state index is 0.0416. The molecule has 0 atom stereocenters. The standard InChI is InChI=1S/C9H17NO3/c1-3-13-7-6-10-9(12)5-4-8(2)11/h3-7H2,1-2H3,(H,10,12). The molecule has 0 spiro atoms. The molecule has 0 radical (unpaired) electrons. The second kappa shape index (κ2) is 7.73. The molecule has 0 aliphatic carbocycles. The van der Waals surface area contributed by atoms with Crippen LogP contribution in [-0.2, 0) is 14.3 Å². The van der Waals surface area contributed by atoms with Gasteiger partial charge in [-0.15, -0.1) is 0 Å². The second-order valence-electron chi connectivity index (χ2n) is 2.75. The Hall–Kier alpha value is -0.900. The lowest BCUT2D eigenvalue weighted by molar-refractivity contribution is -0.124. The topological polar surface area (TPSA) is 55.4 Å². The van der Waals surface area contributed by atoms with E-state index in [4.69, 9.17) is 4.74 Å². The molecule has 0 aliphatic rings. The average molecular weight is 187 g/mol. The maximum Gasteiger partial charge on any atom is 0.220 e. The van der Waals surface area contributed by atoms with Crippen LogP contribution < -0.4 is 5.32 Å². The number of rotatable bonds is 7. The molecule has 1 N–H and O–H groups in total. The van der Waals surface area contributed by atoms with Gasteiger partial charge in [-0.3, -0.25) is 4.79 Å². The lowest BCUT2D eigenvalue weighted by Crippen LogP contribution is -2.27. The van der Waals surface area contributed by atoms with Crippen molar-refractivity contribution in [3.63, 3.8) is 0 Å². The molecule has 4 nitrogen and oxygen atoms in total. The van der Waals surface area contributed by atoms with Gasteiger partial charge in [-0.2, -0.15) is 0 Å². The van der Waals surface area contributed by atoms with Gasteiger partial charge in [-0.05, 0) is 13.8 Å². The molecule has 0 rings (SSSR count). The van der Waals surface area contributed by atoms with E-state index in [0.717, 1.165) is 0 Å². The molecule has 0 aromatic carbocycles. The van der Waals surface area contributed by atoms with Crippen LogP contribution in [0.3, 0.4) is 0 Å². The molecular formula is C9H17NO3. The average Bonchev–Trinajstić information content (AvgIpc) is 2.09. The first kappa shape index (κ1) is 12.1. The zero-order valence-corrected chi connectivity index (χ0v) is 8.26. The van der Waals surface area contributed by atoms with Gasteiger partial charge in [0.05, 0.1) is 6.61 Å². The zero-order chi connectivity index (χ0) is 10.1.